The van der Waals surface area contributed by atoms with Crippen molar-refractivity contribution < 1.29 is 14.6 Å². The monoisotopic (exact) mass is 188 g/mol. The van der Waals surface area contributed by atoms with Crippen molar-refractivity contribution in [1.29, 1.82) is 0 Å². The number of aliphatic hydroxyl groups excluding tert-OH is 1. The lowest BCUT2D eigenvalue weighted by Crippen LogP contribution is -2.17. The molecule has 0 fully saturated rings. The summed E-state index contributed by atoms with van der Waals surface area (Å²) < 4.78 is 4.97. The summed E-state index contributed by atoms with van der Waals surface area (Å²) in [4.78, 5) is 11.1. The third-order valence-corrected chi connectivity index (χ3v) is 2.10. The van der Waals surface area contributed by atoms with Crippen molar-refractivity contribution >= 4 is 5.97 Å². The Kier molecular flexibility index (Phi) is 6.59. The third-order valence-electron chi connectivity index (χ3n) is 2.10. The second kappa shape index (κ2) is 6.89. The Morgan fingerprint density at radius 2 is 2.00 bits per heavy atom. The standard InChI is InChI=1S/C10H20O3/c1-4-8(3)7-13-10(12)6-9(11)5-2/h8-9,11H,4-7H2,1-3H3. The molecule has 3 nitrogen and oxygen atoms in total. The van der Waals surface area contributed by atoms with Gasteiger partial charge in [-0.1, -0.05) is 27.2 Å². The van der Waals surface area contributed by atoms with Crippen molar-refractivity contribution in [2.75, 3.05) is 6.61 Å². The summed E-state index contributed by atoms with van der Waals surface area (Å²) in [5, 5.41) is 9.15. The van der Waals surface area contributed by atoms with E-state index in [-0.39, 0.29) is 12.4 Å². The zero-order chi connectivity index (χ0) is 10.3. The molecule has 0 aromatic heterocycles. The number of hydrogen-bond acceptors (Lipinski definition) is 3. The fourth-order valence-corrected chi connectivity index (χ4v) is 0.749. The molecule has 0 amide bonds. The van der Waals surface area contributed by atoms with E-state index < -0.39 is 6.10 Å². The highest BCUT2D eigenvalue weighted by Gasteiger charge is 2.10. The average Bonchev–Trinajstić information content (AvgIpc) is 2.13. The van der Waals surface area contributed by atoms with E-state index in [1.54, 1.807) is 0 Å². The molecule has 0 rings (SSSR count). The zero-order valence-corrected chi connectivity index (χ0v) is 8.75. The number of aliphatic hydroxyl groups is 1. The second-order valence-electron chi connectivity index (χ2n) is 3.46. The van der Waals surface area contributed by atoms with Crippen LogP contribution < -0.4 is 0 Å². The lowest BCUT2D eigenvalue weighted by molar-refractivity contribution is -0.147. The fourth-order valence-electron chi connectivity index (χ4n) is 0.749. The van der Waals surface area contributed by atoms with Gasteiger partial charge < -0.3 is 9.84 Å². The lowest BCUT2D eigenvalue weighted by atomic mass is 10.1. The van der Waals surface area contributed by atoms with Crippen molar-refractivity contribution in [3.63, 3.8) is 0 Å². The first-order chi connectivity index (χ1) is 6.10. The molecule has 3 heteroatoms. The van der Waals surface area contributed by atoms with Crippen LogP contribution >= 0.6 is 0 Å². The van der Waals surface area contributed by atoms with E-state index in [1.807, 2.05) is 13.8 Å². The first-order valence-corrected chi connectivity index (χ1v) is 4.93. The Balaban J connectivity index is 3.51. The maximum absolute atomic E-state index is 11.1. The molecular weight excluding hydrogens is 168 g/mol. The lowest BCUT2D eigenvalue weighted by Gasteiger charge is -2.11. The van der Waals surface area contributed by atoms with Crippen LogP contribution in [0.15, 0.2) is 0 Å². The van der Waals surface area contributed by atoms with Crippen LogP contribution in [-0.2, 0) is 9.53 Å². The van der Waals surface area contributed by atoms with Crippen LogP contribution in [0, 0.1) is 5.92 Å². The summed E-state index contributed by atoms with van der Waals surface area (Å²) in [6.07, 6.45) is 1.17. The Hall–Kier alpha value is -0.570. The summed E-state index contributed by atoms with van der Waals surface area (Å²) in [7, 11) is 0. The Labute approximate surface area is 80.1 Å². The molecule has 2 unspecified atom stereocenters. The highest BCUT2D eigenvalue weighted by Crippen LogP contribution is 2.03. The molecule has 0 aromatic carbocycles. The van der Waals surface area contributed by atoms with Crippen LogP contribution in [0.2, 0.25) is 0 Å². The largest absolute Gasteiger partial charge is 0.465 e. The molecular formula is C10H20O3. The summed E-state index contributed by atoms with van der Waals surface area (Å²) in [5.74, 6) is 0.109. The summed E-state index contributed by atoms with van der Waals surface area (Å²) in [6, 6.07) is 0. The van der Waals surface area contributed by atoms with E-state index >= 15 is 0 Å². The fraction of sp³-hybridized carbons (Fsp3) is 0.900. The van der Waals surface area contributed by atoms with Gasteiger partial charge in [-0.25, -0.2) is 0 Å². The SMILES string of the molecule is CCC(C)COC(=O)CC(O)CC. The van der Waals surface area contributed by atoms with Crippen LogP contribution in [0.25, 0.3) is 0 Å². The van der Waals surface area contributed by atoms with E-state index in [9.17, 15) is 4.79 Å². The van der Waals surface area contributed by atoms with Crippen LogP contribution in [0.5, 0.6) is 0 Å². The minimum atomic E-state index is -0.551. The van der Waals surface area contributed by atoms with Crippen LogP contribution in [0.4, 0.5) is 0 Å². The van der Waals surface area contributed by atoms with Gasteiger partial charge in [0.1, 0.15) is 0 Å². The molecule has 1 N–H and O–H groups in total. The molecule has 13 heavy (non-hydrogen) atoms. The Bertz CT molecular complexity index is 145. The third kappa shape index (κ3) is 6.58. The normalized spacial score (nSPS) is 15.1. The van der Waals surface area contributed by atoms with Crippen molar-refractivity contribution in [2.45, 2.75) is 46.1 Å². The van der Waals surface area contributed by atoms with E-state index in [0.29, 0.717) is 18.9 Å². The van der Waals surface area contributed by atoms with Crippen LogP contribution in [0.1, 0.15) is 40.0 Å². The Morgan fingerprint density at radius 3 is 2.46 bits per heavy atom. The molecule has 0 saturated heterocycles. The minimum absolute atomic E-state index is 0.118. The number of ether oxygens (including phenoxy) is 1. The summed E-state index contributed by atoms with van der Waals surface area (Å²) in [5.41, 5.74) is 0. The van der Waals surface area contributed by atoms with E-state index in [2.05, 4.69) is 6.92 Å². The molecule has 78 valence electrons. The van der Waals surface area contributed by atoms with E-state index in [0.717, 1.165) is 6.42 Å². The highest BCUT2D eigenvalue weighted by molar-refractivity contribution is 5.69. The smallest absolute Gasteiger partial charge is 0.308 e. The molecule has 0 saturated carbocycles. The van der Waals surface area contributed by atoms with Gasteiger partial charge >= 0.3 is 5.97 Å². The van der Waals surface area contributed by atoms with Gasteiger partial charge in [0, 0.05) is 0 Å². The first-order valence-electron chi connectivity index (χ1n) is 4.93. The minimum Gasteiger partial charge on any atom is -0.465 e. The Morgan fingerprint density at radius 1 is 1.38 bits per heavy atom. The molecule has 0 bridgehead atoms. The van der Waals surface area contributed by atoms with Gasteiger partial charge in [0.2, 0.25) is 0 Å². The van der Waals surface area contributed by atoms with Crippen LogP contribution in [0.3, 0.4) is 0 Å². The molecule has 0 aromatic rings. The molecule has 0 aliphatic rings. The van der Waals surface area contributed by atoms with Gasteiger partial charge in [0.15, 0.2) is 0 Å². The summed E-state index contributed by atoms with van der Waals surface area (Å²) >= 11 is 0. The topological polar surface area (TPSA) is 46.5 Å². The number of rotatable bonds is 6. The quantitative estimate of drug-likeness (QED) is 0.646. The summed E-state index contributed by atoms with van der Waals surface area (Å²) in [6.45, 7) is 6.39. The van der Waals surface area contributed by atoms with Gasteiger partial charge in [-0.2, -0.15) is 0 Å². The van der Waals surface area contributed by atoms with Gasteiger partial charge in [-0.15, -0.1) is 0 Å². The first kappa shape index (κ1) is 12.4. The predicted molar refractivity (Wildman–Crippen MR) is 51.3 cm³/mol. The molecule has 0 aliphatic heterocycles. The van der Waals surface area contributed by atoms with E-state index in [1.165, 1.54) is 0 Å². The number of carbonyl (C=O) groups is 1. The number of hydrogen-bond donors (Lipinski definition) is 1. The van der Waals surface area contributed by atoms with Gasteiger partial charge in [0.05, 0.1) is 19.1 Å². The molecule has 0 radical (unpaired) electrons. The van der Waals surface area contributed by atoms with Gasteiger partial charge in [0.25, 0.3) is 0 Å². The van der Waals surface area contributed by atoms with Crippen LogP contribution in [-0.4, -0.2) is 23.8 Å². The van der Waals surface area contributed by atoms with E-state index in [4.69, 9.17) is 9.84 Å². The zero-order valence-electron chi connectivity index (χ0n) is 8.75. The van der Waals surface area contributed by atoms with Gasteiger partial charge in [-0.05, 0) is 12.3 Å². The number of esters is 1. The maximum Gasteiger partial charge on any atom is 0.308 e. The number of carbonyl (C=O) groups excluding carboxylic acids is 1. The van der Waals surface area contributed by atoms with Crippen molar-refractivity contribution in [3.8, 4) is 0 Å². The predicted octanol–water partition coefficient (Wildman–Crippen LogP) is 1.74. The molecule has 0 spiro atoms. The average molecular weight is 188 g/mol. The van der Waals surface area contributed by atoms with Crippen molar-refractivity contribution in [1.82, 2.24) is 0 Å². The van der Waals surface area contributed by atoms with Crippen molar-refractivity contribution in [2.24, 2.45) is 5.92 Å². The van der Waals surface area contributed by atoms with Crippen molar-refractivity contribution in [3.05, 3.63) is 0 Å². The highest BCUT2D eigenvalue weighted by atomic mass is 16.5. The maximum atomic E-state index is 11.1. The molecule has 2 atom stereocenters. The molecule has 0 aliphatic carbocycles. The second-order valence-corrected chi connectivity index (χ2v) is 3.46. The molecule has 0 heterocycles. The van der Waals surface area contributed by atoms with Gasteiger partial charge in [-0.3, -0.25) is 4.79 Å².